The topological polar surface area (TPSA) is 90.3 Å². The van der Waals surface area contributed by atoms with E-state index in [2.05, 4.69) is 6.92 Å². The van der Waals surface area contributed by atoms with Crippen LogP contribution in [0.2, 0.25) is 0 Å². The molecule has 0 spiro atoms. The molecular formula is C18H26N2O5. The standard InChI is InChI=1S/C18H26N2O5/c1-2-3-12-25-15-6-4-14(5-7-15)20-17(23)13-16(18(20)24)19(8-10-21)9-11-22/h4-7,16,21-22H,2-3,8-13H2,1H3. The summed E-state index contributed by atoms with van der Waals surface area (Å²) in [6, 6.07) is 6.24. The summed E-state index contributed by atoms with van der Waals surface area (Å²) in [5, 5.41) is 18.3. The van der Waals surface area contributed by atoms with Crippen LogP contribution in [0.4, 0.5) is 5.69 Å². The van der Waals surface area contributed by atoms with E-state index in [1.54, 1.807) is 29.2 Å². The lowest BCUT2D eigenvalue weighted by Crippen LogP contribution is -2.44. The number of anilines is 1. The average molecular weight is 350 g/mol. The van der Waals surface area contributed by atoms with Crippen LogP contribution in [0.1, 0.15) is 26.2 Å². The molecule has 7 nitrogen and oxygen atoms in total. The van der Waals surface area contributed by atoms with Crippen LogP contribution in [0.15, 0.2) is 24.3 Å². The molecule has 0 aliphatic carbocycles. The van der Waals surface area contributed by atoms with Crippen molar-refractivity contribution in [1.29, 1.82) is 0 Å². The lowest BCUT2D eigenvalue weighted by molar-refractivity contribution is -0.123. The van der Waals surface area contributed by atoms with Crippen molar-refractivity contribution in [1.82, 2.24) is 4.90 Å². The van der Waals surface area contributed by atoms with Crippen LogP contribution in [0.3, 0.4) is 0 Å². The molecule has 0 aromatic heterocycles. The third kappa shape index (κ3) is 4.78. The summed E-state index contributed by atoms with van der Waals surface area (Å²) in [4.78, 5) is 27.8. The van der Waals surface area contributed by atoms with Crippen LogP contribution >= 0.6 is 0 Å². The summed E-state index contributed by atoms with van der Waals surface area (Å²) in [6.45, 7) is 2.93. The van der Waals surface area contributed by atoms with Crippen molar-refractivity contribution in [2.24, 2.45) is 0 Å². The molecule has 0 radical (unpaired) electrons. The molecular weight excluding hydrogens is 324 g/mol. The molecule has 0 saturated carbocycles. The maximum atomic E-state index is 12.7. The van der Waals surface area contributed by atoms with Crippen molar-refractivity contribution >= 4 is 17.5 Å². The lowest BCUT2D eigenvalue weighted by Gasteiger charge is -2.25. The van der Waals surface area contributed by atoms with E-state index < -0.39 is 6.04 Å². The Labute approximate surface area is 147 Å². The van der Waals surface area contributed by atoms with E-state index in [4.69, 9.17) is 14.9 Å². The molecule has 138 valence electrons. The fraction of sp³-hybridized carbons (Fsp3) is 0.556. The smallest absolute Gasteiger partial charge is 0.251 e. The van der Waals surface area contributed by atoms with Gasteiger partial charge < -0.3 is 14.9 Å². The van der Waals surface area contributed by atoms with Crippen molar-refractivity contribution < 1.29 is 24.5 Å². The monoisotopic (exact) mass is 350 g/mol. The number of nitrogens with zero attached hydrogens (tertiary/aromatic N) is 2. The molecule has 1 unspecified atom stereocenters. The second-order valence-corrected chi connectivity index (χ2v) is 5.97. The number of rotatable bonds is 10. The van der Waals surface area contributed by atoms with Gasteiger partial charge in [0.25, 0.3) is 5.91 Å². The van der Waals surface area contributed by atoms with E-state index in [1.165, 1.54) is 4.90 Å². The second-order valence-electron chi connectivity index (χ2n) is 5.97. The molecule has 1 aromatic carbocycles. The highest BCUT2D eigenvalue weighted by molar-refractivity contribution is 6.22. The molecule has 2 N–H and O–H groups in total. The average Bonchev–Trinajstić information content (AvgIpc) is 2.90. The molecule has 1 aliphatic rings. The van der Waals surface area contributed by atoms with Crippen molar-refractivity contribution in [2.45, 2.75) is 32.2 Å². The fourth-order valence-corrected chi connectivity index (χ4v) is 2.88. The van der Waals surface area contributed by atoms with Crippen LogP contribution in [0.5, 0.6) is 5.75 Å². The third-order valence-electron chi connectivity index (χ3n) is 4.20. The molecule has 1 saturated heterocycles. The van der Waals surface area contributed by atoms with Crippen LogP contribution in [-0.2, 0) is 9.59 Å². The zero-order valence-corrected chi connectivity index (χ0v) is 14.6. The number of benzene rings is 1. The molecule has 1 aromatic rings. The van der Waals surface area contributed by atoms with E-state index in [0.717, 1.165) is 12.8 Å². The van der Waals surface area contributed by atoms with Gasteiger partial charge in [-0.05, 0) is 30.7 Å². The maximum absolute atomic E-state index is 12.7. The Bertz CT molecular complexity index is 569. The SMILES string of the molecule is CCCCOc1ccc(N2C(=O)CC(N(CCO)CCO)C2=O)cc1. The summed E-state index contributed by atoms with van der Waals surface area (Å²) in [6.07, 6.45) is 2.07. The number of amides is 2. The first-order chi connectivity index (χ1) is 12.1. The van der Waals surface area contributed by atoms with Gasteiger partial charge in [-0.15, -0.1) is 0 Å². The van der Waals surface area contributed by atoms with Crippen LogP contribution in [0, 0.1) is 0 Å². The zero-order chi connectivity index (χ0) is 18.2. The quantitative estimate of drug-likeness (QED) is 0.479. The molecule has 1 atom stereocenters. The number of unbranched alkanes of at least 4 members (excludes halogenated alkanes) is 1. The normalized spacial score (nSPS) is 17.6. The highest BCUT2D eigenvalue weighted by atomic mass is 16.5. The highest BCUT2D eigenvalue weighted by Gasteiger charge is 2.42. The number of hydrogen-bond donors (Lipinski definition) is 2. The molecule has 1 aliphatic heterocycles. The number of imide groups is 1. The number of hydrogen-bond acceptors (Lipinski definition) is 6. The maximum Gasteiger partial charge on any atom is 0.251 e. The van der Waals surface area contributed by atoms with Crippen molar-refractivity contribution in [3.05, 3.63) is 24.3 Å². The number of carbonyl (C=O) groups is 2. The van der Waals surface area contributed by atoms with Gasteiger partial charge in [0, 0.05) is 13.1 Å². The zero-order valence-electron chi connectivity index (χ0n) is 14.6. The van der Waals surface area contributed by atoms with E-state index in [0.29, 0.717) is 18.0 Å². The minimum atomic E-state index is -0.646. The molecule has 1 fully saturated rings. The summed E-state index contributed by atoms with van der Waals surface area (Å²) in [7, 11) is 0. The first kappa shape index (κ1) is 19.4. The predicted octanol–water partition coefficient (Wildman–Crippen LogP) is 0.784. The Morgan fingerprint density at radius 2 is 1.80 bits per heavy atom. The Kier molecular flexibility index (Phi) is 7.36. The minimum Gasteiger partial charge on any atom is -0.494 e. The number of carbonyl (C=O) groups excluding carboxylic acids is 2. The van der Waals surface area contributed by atoms with Crippen molar-refractivity contribution in [2.75, 3.05) is 37.8 Å². The van der Waals surface area contributed by atoms with Crippen LogP contribution in [0.25, 0.3) is 0 Å². The fourth-order valence-electron chi connectivity index (χ4n) is 2.88. The van der Waals surface area contributed by atoms with Crippen molar-refractivity contribution in [3.8, 4) is 5.75 Å². The number of aliphatic hydroxyl groups excluding tert-OH is 2. The van der Waals surface area contributed by atoms with Gasteiger partial charge in [-0.25, -0.2) is 4.90 Å². The van der Waals surface area contributed by atoms with Gasteiger partial charge >= 0.3 is 0 Å². The Balaban J connectivity index is 2.08. The largest absolute Gasteiger partial charge is 0.494 e. The lowest BCUT2D eigenvalue weighted by atomic mass is 10.2. The number of aliphatic hydroxyl groups is 2. The van der Waals surface area contributed by atoms with Gasteiger partial charge in [0.2, 0.25) is 5.91 Å². The van der Waals surface area contributed by atoms with Crippen LogP contribution in [-0.4, -0.2) is 65.9 Å². The van der Waals surface area contributed by atoms with Gasteiger partial charge in [-0.3, -0.25) is 14.5 Å². The van der Waals surface area contributed by atoms with E-state index in [-0.39, 0.29) is 44.5 Å². The highest BCUT2D eigenvalue weighted by Crippen LogP contribution is 2.27. The van der Waals surface area contributed by atoms with Gasteiger partial charge in [-0.1, -0.05) is 13.3 Å². The van der Waals surface area contributed by atoms with Crippen LogP contribution < -0.4 is 9.64 Å². The third-order valence-corrected chi connectivity index (χ3v) is 4.20. The van der Waals surface area contributed by atoms with Gasteiger partial charge in [0.1, 0.15) is 5.75 Å². The minimum absolute atomic E-state index is 0.0492. The van der Waals surface area contributed by atoms with Gasteiger partial charge in [-0.2, -0.15) is 0 Å². The van der Waals surface area contributed by atoms with E-state index in [1.807, 2.05) is 0 Å². The van der Waals surface area contributed by atoms with E-state index in [9.17, 15) is 9.59 Å². The Hall–Kier alpha value is -1.96. The molecule has 1 heterocycles. The van der Waals surface area contributed by atoms with E-state index >= 15 is 0 Å². The van der Waals surface area contributed by atoms with Gasteiger partial charge in [0.15, 0.2) is 0 Å². The number of ether oxygens (including phenoxy) is 1. The predicted molar refractivity (Wildman–Crippen MR) is 93.5 cm³/mol. The molecule has 2 rings (SSSR count). The molecule has 25 heavy (non-hydrogen) atoms. The summed E-state index contributed by atoms with van der Waals surface area (Å²) < 4.78 is 5.59. The first-order valence-corrected chi connectivity index (χ1v) is 8.67. The Morgan fingerprint density at radius 1 is 1.16 bits per heavy atom. The van der Waals surface area contributed by atoms with Gasteiger partial charge in [0.05, 0.1) is 38.0 Å². The second kappa shape index (κ2) is 9.50. The summed E-state index contributed by atoms with van der Waals surface area (Å²) >= 11 is 0. The molecule has 2 amide bonds. The molecule has 7 heteroatoms. The summed E-state index contributed by atoms with van der Waals surface area (Å²) in [5.74, 6) is 0.0946. The molecule has 0 bridgehead atoms. The Morgan fingerprint density at radius 3 is 2.36 bits per heavy atom. The first-order valence-electron chi connectivity index (χ1n) is 8.67. The summed E-state index contributed by atoms with van der Waals surface area (Å²) in [5.41, 5.74) is 0.508. The van der Waals surface area contributed by atoms with Crippen molar-refractivity contribution in [3.63, 3.8) is 0 Å².